The highest BCUT2D eigenvalue weighted by Crippen LogP contribution is 2.22. The number of rotatable bonds is 5. The lowest BCUT2D eigenvalue weighted by atomic mass is 10.2. The summed E-state index contributed by atoms with van der Waals surface area (Å²) in [6.07, 6.45) is 5.30. The van der Waals surface area contributed by atoms with Crippen LogP contribution in [-0.4, -0.2) is 62.8 Å². The Morgan fingerprint density at radius 2 is 2.32 bits per heavy atom. The summed E-state index contributed by atoms with van der Waals surface area (Å²) >= 11 is 0. The van der Waals surface area contributed by atoms with Crippen LogP contribution in [0.2, 0.25) is 0 Å². The Morgan fingerprint density at radius 3 is 3.11 bits per heavy atom. The maximum Gasteiger partial charge on any atom is 0.191 e. The highest BCUT2D eigenvalue weighted by molar-refractivity contribution is 5.79. The molecule has 2 aliphatic rings. The van der Waals surface area contributed by atoms with Crippen molar-refractivity contribution in [2.45, 2.75) is 44.8 Å². The number of unbranched alkanes of at least 4 members (excludes halogenated alkanes) is 1. The first-order valence-electron chi connectivity index (χ1n) is 7.63. The van der Waals surface area contributed by atoms with E-state index in [1.807, 2.05) is 7.05 Å². The average molecular weight is 268 g/mol. The first kappa shape index (κ1) is 14.6. The van der Waals surface area contributed by atoms with Crippen molar-refractivity contribution in [3.8, 4) is 0 Å². The van der Waals surface area contributed by atoms with Crippen molar-refractivity contribution >= 4 is 5.96 Å². The quantitative estimate of drug-likeness (QED) is 0.440. The molecule has 2 saturated heterocycles. The van der Waals surface area contributed by atoms with Gasteiger partial charge in [0.15, 0.2) is 5.96 Å². The van der Waals surface area contributed by atoms with E-state index in [0.29, 0.717) is 12.1 Å². The van der Waals surface area contributed by atoms with Crippen LogP contribution >= 0.6 is 0 Å². The molecule has 5 nitrogen and oxygen atoms in total. The van der Waals surface area contributed by atoms with Gasteiger partial charge in [-0.3, -0.25) is 9.89 Å². The van der Waals surface area contributed by atoms with E-state index < -0.39 is 0 Å². The largest absolute Gasteiger partial charge is 0.373 e. The maximum absolute atomic E-state index is 5.93. The van der Waals surface area contributed by atoms with Gasteiger partial charge in [-0.15, -0.1) is 0 Å². The Kier molecular flexibility index (Phi) is 5.92. The van der Waals surface area contributed by atoms with Crippen LogP contribution in [0, 0.1) is 0 Å². The van der Waals surface area contributed by atoms with Gasteiger partial charge >= 0.3 is 0 Å². The summed E-state index contributed by atoms with van der Waals surface area (Å²) in [4.78, 5) is 6.81. The van der Waals surface area contributed by atoms with Crippen LogP contribution in [0.25, 0.3) is 0 Å². The van der Waals surface area contributed by atoms with Gasteiger partial charge in [-0.2, -0.15) is 0 Å². The van der Waals surface area contributed by atoms with Crippen molar-refractivity contribution in [2.24, 2.45) is 4.99 Å². The summed E-state index contributed by atoms with van der Waals surface area (Å²) in [7, 11) is 1.82. The van der Waals surface area contributed by atoms with Gasteiger partial charge in [0.05, 0.1) is 12.7 Å². The van der Waals surface area contributed by atoms with Crippen LogP contribution in [0.5, 0.6) is 0 Å². The molecule has 2 atom stereocenters. The fraction of sp³-hybridized carbons (Fsp3) is 0.929. The number of ether oxygens (including phenoxy) is 1. The molecule has 2 fully saturated rings. The molecule has 0 aliphatic carbocycles. The van der Waals surface area contributed by atoms with Crippen LogP contribution in [0.15, 0.2) is 4.99 Å². The van der Waals surface area contributed by atoms with Gasteiger partial charge in [-0.25, -0.2) is 0 Å². The molecule has 19 heavy (non-hydrogen) atoms. The number of aliphatic imine (C=N–C) groups is 1. The van der Waals surface area contributed by atoms with Crippen LogP contribution < -0.4 is 10.6 Å². The number of guanidine groups is 1. The van der Waals surface area contributed by atoms with E-state index in [-0.39, 0.29) is 0 Å². The second kappa shape index (κ2) is 7.70. The van der Waals surface area contributed by atoms with Crippen molar-refractivity contribution in [2.75, 3.05) is 39.8 Å². The van der Waals surface area contributed by atoms with E-state index in [1.165, 1.54) is 32.2 Å². The number of morpholine rings is 1. The molecule has 2 unspecified atom stereocenters. The molecule has 2 rings (SSSR count). The molecule has 2 N–H and O–H groups in total. The van der Waals surface area contributed by atoms with E-state index in [2.05, 4.69) is 27.4 Å². The molecule has 0 bridgehead atoms. The highest BCUT2D eigenvalue weighted by atomic mass is 16.5. The Bertz CT molecular complexity index is 295. The lowest BCUT2D eigenvalue weighted by molar-refractivity contribution is -0.0453. The van der Waals surface area contributed by atoms with E-state index >= 15 is 0 Å². The highest BCUT2D eigenvalue weighted by Gasteiger charge is 2.31. The summed E-state index contributed by atoms with van der Waals surface area (Å²) in [6.45, 7) is 7.22. The van der Waals surface area contributed by atoms with Gasteiger partial charge in [0.25, 0.3) is 0 Å². The SMILES string of the molecule is CCCCNC(=NC)NCC1CN2CCCC2CO1. The third-order valence-corrected chi connectivity index (χ3v) is 4.01. The van der Waals surface area contributed by atoms with E-state index in [1.54, 1.807) is 0 Å². The van der Waals surface area contributed by atoms with Gasteiger partial charge in [0.2, 0.25) is 0 Å². The van der Waals surface area contributed by atoms with E-state index in [0.717, 1.165) is 32.2 Å². The van der Waals surface area contributed by atoms with Gasteiger partial charge in [-0.1, -0.05) is 13.3 Å². The lowest BCUT2D eigenvalue weighted by Crippen LogP contribution is -2.51. The smallest absolute Gasteiger partial charge is 0.191 e. The molecule has 0 amide bonds. The van der Waals surface area contributed by atoms with Gasteiger partial charge in [0.1, 0.15) is 0 Å². The monoisotopic (exact) mass is 268 g/mol. The topological polar surface area (TPSA) is 48.9 Å². The summed E-state index contributed by atoms with van der Waals surface area (Å²) in [5, 5.41) is 6.69. The fourth-order valence-electron chi connectivity index (χ4n) is 2.82. The summed E-state index contributed by atoms with van der Waals surface area (Å²) in [5.74, 6) is 0.889. The zero-order chi connectivity index (χ0) is 13.5. The van der Waals surface area contributed by atoms with Crippen molar-refractivity contribution in [1.82, 2.24) is 15.5 Å². The predicted molar refractivity (Wildman–Crippen MR) is 78.6 cm³/mol. The first-order chi connectivity index (χ1) is 9.33. The summed E-state index contributed by atoms with van der Waals surface area (Å²) in [6, 6.07) is 0.679. The zero-order valence-corrected chi connectivity index (χ0v) is 12.3. The molecule has 5 heteroatoms. The first-order valence-corrected chi connectivity index (χ1v) is 7.63. The summed E-state index contributed by atoms with van der Waals surface area (Å²) < 4.78 is 5.93. The van der Waals surface area contributed by atoms with E-state index in [9.17, 15) is 0 Å². The molecule has 0 radical (unpaired) electrons. The fourth-order valence-corrected chi connectivity index (χ4v) is 2.82. The number of nitrogens with one attached hydrogen (secondary N) is 2. The molecule has 0 spiro atoms. The molecule has 0 aromatic rings. The molecule has 0 aromatic heterocycles. The van der Waals surface area contributed by atoms with Crippen LogP contribution in [0.1, 0.15) is 32.6 Å². The summed E-state index contributed by atoms with van der Waals surface area (Å²) in [5.41, 5.74) is 0. The number of hydrogen-bond donors (Lipinski definition) is 2. The van der Waals surface area contributed by atoms with Gasteiger partial charge < -0.3 is 15.4 Å². The van der Waals surface area contributed by atoms with Crippen molar-refractivity contribution in [1.29, 1.82) is 0 Å². The Labute approximate surface area is 116 Å². The standard InChI is InChI=1S/C14H28N4O/c1-3-4-7-16-14(15-2)17-9-13-10-18-8-5-6-12(18)11-19-13/h12-13H,3-11H2,1-2H3,(H2,15,16,17). The third kappa shape index (κ3) is 4.35. The van der Waals surface area contributed by atoms with Gasteiger partial charge in [0, 0.05) is 32.7 Å². The Morgan fingerprint density at radius 1 is 1.42 bits per heavy atom. The van der Waals surface area contributed by atoms with Crippen LogP contribution in [-0.2, 0) is 4.74 Å². The number of nitrogens with zero attached hydrogens (tertiary/aromatic N) is 2. The molecular weight excluding hydrogens is 240 g/mol. The average Bonchev–Trinajstić information content (AvgIpc) is 2.90. The van der Waals surface area contributed by atoms with E-state index in [4.69, 9.17) is 4.74 Å². The Hall–Kier alpha value is -0.810. The Balaban J connectivity index is 1.66. The lowest BCUT2D eigenvalue weighted by Gasteiger charge is -2.35. The number of fused-ring (bicyclic) bond motifs is 1. The van der Waals surface area contributed by atoms with Crippen LogP contribution in [0.3, 0.4) is 0 Å². The molecule has 2 heterocycles. The minimum Gasteiger partial charge on any atom is -0.373 e. The minimum absolute atomic E-state index is 0.291. The second-order valence-electron chi connectivity index (χ2n) is 5.48. The molecular formula is C14H28N4O. The molecule has 110 valence electrons. The van der Waals surface area contributed by atoms with Crippen molar-refractivity contribution in [3.05, 3.63) is 0 Å². The predicted octanol–water partition coefficient (Wildman–Crippen LogP) is 0.815. The van der Waals surface area contributed by atoms with Crippen LogP contribution in [0.4, 0.5) is 0 Å². The maximum atomic E-state index is 5.93. The zero-order valence-electron chi connectivity index (χ0n) is 12.3. The normalized spacial score (nSPS) is 28.2. The second-order valence-corrected chi connectivity index (χ2v) is 5.48. The molecule has 2 aliphatic heterocycles. The molecule has 0 aromatic carbocycles. The molecule has 0 saturated carbocycles. The minimum atomic E-state index is 0.291. The van der Waals surface area contributed by atoms with Crippen molar-refractivity contribution < 1.29 is 4.74 Å². The number of hydrogen-bond acceptors (Lipinski definition) is 3. The third-order valence-electron chi connectivity index (χ3n) is 4.01. The van der Waals surface area contributed by atoms with Crippen molar-refractivity contribution in [3.63, 3.8) is 0 Å². The van der Waals surface area contributed by atoms with Gasteiger partial charge in [-0.05, 0) is 25.8 Å².